The quantitative estimate of drug-likeness (QED) is 0.0610. The van der Waals surface area contributed by atoms with Gasteiger partial charge in [0.1, 0.15) is 5.69 Å². The zero-order valence-corrected chi connectivity index (χ0v) is 43.4. The summed E-state index contributed by atoms with van der Waals surface area (Å²) in [5.74, 6) is 0. The van der Waals surface area contributed by atoms with Crippen LogP contribution in [0.2, 0.25) is 0 Å². The molecule has 0 unspecified atom stereocenters. The van der Waals surface area contributed by atoms with Gasteiger partial charge in [0.2, 0.25) is 0 Å². The molecule has 0 fully saturated rings. The Morgan fingerprint density at radius 3 is 1.65 bits per heavy atom. The van der Waals surface area contributed by atoms with Crippen LogP contribution in [-0.2, 0) is 33.8 Å². The van der Waals surface area contributed by atoms with E-state index < -0.39 is 26.8 Å². The summed E-state index contributed by atoms with van der Waals surface area (Å²) in [5, 5.41) is 43.5. The third-order valence-electron chi connectivity index (χ3n) is 12.6. The molecule has 0 atom stereocenters. The van der Waals surface area contributed by atoms with Gasteiger partial charge >= 0.3 is 7.12 Å². The van der Waals surface area contributed by atoms with Gasteiger partial charge in [0.05, 0.1) is 55.3 Å². The maximum Gasteiger partial charge on any atom is 0.490 e. The molecule has 5 aromatic heterocycles. The molecule has 6 aromatic carbocycles. The van der Waals surface area contributed by atoms with Crippen molar-refractivity contribution in [1.29, 1.82) is 5.41 Å². The van der Waals surface area contributed by atoms with Gasteiger partial charge in [-0.2, -0.15) is 15.3 Å². The molecule has 19 heteroatoms. The Hall–Kier alpha value is -8.62. The summed E-state index contributed by atoms with van der Waals surface area (Å²) in [7, 11) is -4.19. The van der Waals surface area contributed by atoms with Crippen molar-refractivity contribution in [3.8, 4) is 39.5 Å². The Bertz CT molecular complexity index is 4160. The fourth-order valence-electron chi connectivity index (χ4n) is 8.67. The molecule has 75 heavy (non-hydrogen) atoms. The molecule has 0 aliphatic heterocycles. The predicted octanol–water partition coefficient (Wildman–Crippen LogP) is 8.07. The molecule has 5 heterocycles. The van der Waals surface area contributed by atoms with Crippen LogP contribution in [0.5, 0.6) is 0 Å². The number of pyridine rings is 2. The van der Waals surface area contributed by atoms with Gasteiger partial charge in [0.25, 0.3) is 0 Å². The normalized spacial score (nSPS) is 11.5. The fourth-order valence-corrected chi connectivity index (χ4v) is 9.93. The topological polar surface area (TPSA) is 238 Å². The fraction of sp³-hybridized carbons (Fsp3) is 0.107. The Balaban J connectivity index is 0.000000150. The second-order valence-electron chi connectivity index (χ2n) is 18.1. The smallest absolute Gasteiger partial charge is 0.423 e. The summed E-state index contributed by atoms with van der Waals surface area (Å²) in [6, 6.07) is 44.2. The van der Waals surface area contributed by atoms with Gasteiger partial charge in [-0.1, -0.05) is 91.0 Å². The van der Waals surface area contributed by atoms with Crippen molar-refractivity contribution in [1.82, 2.24) is 39.3 Å². The first kappa shape index (κ1) is 51.3. The third kappa shape index (κ3) is 10.9. The van der Waals surface area contributed by atoms with E-state index in [1.165, 1.54) is 24.6 Å². The number of sulfone groups is 2. The van der Waals surface area contributed by atoms with E-state index in [0.29, 0.717) is 22.6 Å². The number of nitrogens with one attached hydrogen (secondary N) is 1. The number of hydrogen-bond donors (Lipinski definition) is 4. The highest BCUT2D eigenvalue weighted by Gasteiger charge is 2.20. The maximum atomic E-state index is 11.8. The van der Waals surface area contributed by atoms with E-state index in [1.807, 2.05) is 103 Å². The number of nitrogens with zero attached hydrogens (tertiary/aromatic N) is 8. The van der Waals surface area contributed by atoms with E-state index in [9.17, 15) is 16.8 Å². The summed E-state index contributed by atoms with van der Waals surface area (Å²) >= 11 is 0. The summed E-state index contributed by atoms with van der Waals surface area (Å²) in [6.45, 7) is 4.04. The molecule has 11 aromatic rings. The molecule has 0 aliphatic carbocycles. The summed E-state index contributed by atoms with van der Waals surface area (Å²) in [4.78, 5) is 9.30. The lowest BCUT2D eigenvalue weighted by Gasteiger charge is -2.10. The van der Waals surface area contributed by atoms with Gasteiger partial charge in [0, 0.05) is 100 Å². The maximum absolute atomic E-state index is 11.8. The first-order chi connectivity index (χ1) is 35.7. The molecule has 0 spiro atoms. The van der Waals surface area contributed by atoms with E-state index in [0.717, 1.165) is 95.0 Å². The zero-order valence-electron chi connectivity index (χ0n) is 41.7. The molecule has 0 aliphatic rings. The van der Waals surface area contributed by atoms with Crippen LogP contribution in [0.3, 0.4) is 0 Å². The molecule has 0 saturated carbocycles. The van der Waals surface area contributed by atoms with Crippen molar-refractivity contribution < 1.29 is 26.9 Å². The second kappa shape index (κ2) is 20.7. The number of benzene rings is 6. The van der Waals surface area contributed by atoms with Gasteiger partial charge in [0.15, 0.2) is 19.7 Å². The number of aromatic nitrogens is 8. The highest BCUT2D eigenvalue weighted by atomic mass is 32.2. The first-order valence-corrected chi connectivity index (χ1v) is 27.2. The molecule has 376 valence electrons. The van der Waals surface area contributed by atoms with Gasteiger partial charge in [-0.15, -0.1) is 0 Å². The lowest BCUT2D eigenvalue weighted by molar-refractivity contribution is 0.425. The van der Waals surface area contributed by atoms with Crippen LogP contribution < -0.4 is 11.2 Å². The van der Waals surface area contributed by atoms with Crippen LogP contribution >= 0.6 is 0 Å². The highest BCUT2D eigenvalue weighted by molar-refractivity contribution is 7.91. The second-order valence-corrected chi connectivity index (χ2v) is 22.1. The van der Waals surface area contributed by atoms with Crippen molar-refractivity contribution in [3.05, 3.63) is 193 Å². The van der Waals surface area contributed by atoms with Gasteiger partial charge in [-0.05, 0) is 79.6 Å². The number of anilines is 1. The zero-order chi connectivity index (χ0) is 53.3. The van der Waals surface area contributed by atoms with Gasteiger partial charge < -0.3 is 15.8 Å². The van der Waals surface area contributed by atoms with E-state index >= 15 is 0 Å². The van der Waals surface area contributed by atoms with Crippen molar-refractivity contribution in [2.45, 2.75) is 23.6 Å². The number of fused-ring (bicyclic) bond motifs is 3. The highest BCUT2D eigenvalue weighted by Crippen LogP contribution is 2.36. The number of rotatable bonds is 9. The SMILES string of the molecule is CS(=O)(=O)c1ccc(-c2ccc(B(O)O)cn2)cc1.Cc1cccc(C(=N)c2cccc3nn(C)cc23)c1N.Cc1cccc2c(-c3cccc4nn(C)cc34)nn(-c3ccc(-c4ccc(S(C)(=O)=O)cc4)nc3)c12. The largest absolute Gasteiger partial charge is 0.490 e. The minimum absolute atomic E-state index is 0.249. The van der Waals surface area contributed by atoms with Crippen LogP contribution in [0.15, 0.2) is 180 Å². The molecule has 0 bridgehead atoms. The molecule has 16 nitrogen and oxygen atoms in total. The molecule has 0 saturated heterocycles. The Labute approximate surface area is 433 Å². The molecule has 11 rings (SSSR count). The van der Waals surface area contributed by atoms with Crippen LogP contribution in [0, 0.1) is 19.3 Å². The van der Waals surface area contributed by atoms with Gasteiger partial charge in [-0.25, -0.2) is 21.5 Å². The summed E-state index contributed by atoms with van der Waals surface area (Å²) in [6.07, 6.45) is 9.48. The van der Waals surface area contributed by atoms with Gasteiger partial charge in [-0.3, -0.25) is 24.7 Å². The number of aryl methyl sites for hydroxylation is 4. The third-order valence-corrected chi connectivity index (χ3v) is 14.8. The molecule has 5 N–H and O–H groups in total. The van der Waals surface area contributed by atoms with Crippen LogP contribution in [0.25, 0.3) is 72.2 Å². The van der Waals surface area contributed by atoms with Crippen molar-refractivity contribution in [2.24, 2.45) is 14.1 Å². The number of hydrogen-bond acceptors (Lipinski definition) is 13. The van der Waals surface area contributed by atoms with E-state index in [2.05, 4.69) is 51.4 Å². The first-order valence-electron chi connectivity index (χ1n) is 23.4. The predicted molar refractivity (Wildman–Crippen MR) is 297 cm³/mol. The van der Waals surface area contributed by atoms with E-state index in [-0.39, 0.29) is 9.79 Å². The lowest BCUT2D eigenvalue weighted by Crippen LogP contribution is -2.29. The molecular weight excluding hydrogens is 984 g/mol. The Kier molecular flexibility index (Phi) is 14.2. The van der Waals surface area contributed by atoms with Crippen molar-refractivity contribution in [2.75, 3.05) is 18.2 Å². The summed E-state index contributed by atoms with van der Waals surface area (Å²) < 4.78 is 51.7. The van der Waals surface area contributed by atoms with Crippen molar-refractivity contribution in [3.63, 3.8) is 0 Å². The van der Waals surface area contributed by atoms with Crippen LogP contribution in [0.4, 0.5) is 5.69 Å². The number of nitrogens with two attached hydrogens (primary N) is 1. The average Bonchev–Trinajstić information content (AvgIpc) is 4.11. The lowest BCUT2D eigenvalue weighted by atomic mass is 9.81. The summed E-state index contributed by atoms with van der Waals surface area (Å²) in [5.41, 5.74) is 19.8. The number of para-hydroxylation sites is 2. The van der Waals surface area contributed by atoms with E-state index in [1.54, 1.807) is 59.4 Å². The molecular formula is C56H51BN10O6S2. The van der Waals surface area contributed by atoms with E-state index in [4.69, 9.17) is 26.3 Å². The average molecular weight is 1040 g/mol. The molecule has 0 radical (unpaired) electrons. The Morgan fingerprint density at radius 1 is 0.573 bits per heavy atom. The standard InChI is InChI=1S/C28H23N5O2S.C16H16N4.C12H12BNO4S/c1-18-6-4-8-23-27(22-7-5-9-26-24(22)17-32(2)30-26)31-33(28(18)23)20-12-15-25(29-16-20)19-10-13-21(14-11-19)36(3,34)35;1-10-5-3-7-12(15(10)17)16(18)11-6-4-8-14-13(11)9-20(2)19-14;1-19(17,18)11-5-2-9(3-6-11)12-7-4-10(8-14-12)13(15)16/h4-17H,1-3H3;3-9,18H,17H2,1-2H3;2-8,15-16H,1H3. The minimum Gasteiger partial charge on any atom is -0.423 e. The molecule has 0 amide bonds. The Morgan fingerprint density at radius 2 is 1.09 bits per heavy atom. The van der Waals surface area contributed by atoms with Crippen LogP contribution in [0.1, 0.15) is 22.3 Å². The van der Waals surface area contributed by atoms with Crippen molar-refractivity contribution >= 4 is 76.4 Å². The number of nitrogen functional groups attached to an aromatic ring is 1. The monoisotopic (exact) mass is 1030 g/mol. The minimum atomic E-state index is -3.24. The van der Waals surface area contributed by atoms with Crippen LogP contribution in [-0.4, -0.2) is 91.5 Å².